The number of para-hydroxylation sites is 2. The van der Waals surface area contributed by atoms with E-state index in [0.717, 1.165) is 48.0 Å². The second-order valence-electron chi connectivity index (χ2n) is 7.13. The van der Waals surface area contributed by atoms with Gasteiger partial charge in [0, 0.05) is 36.7 Å². The maximum Gasteiger partial charge on any atom is 0.326 e. The van der Waals surface area contributed by atoms with Crippen LogP contribution in [0.2, 0.25) is 0 Å². The van der Waals surface area contributed by atoms with Crippen LogP contribution in [0.15, 0.2) is 57.8 Å². The molecule has 0 bridgehead atoms. The van der Waals surface area contributed by atoms with Crippen LogP contribution in [0.5, 0.6) is 0 Å². The average Bonchev–Trinajstić information content (AvgIpc) is 3.04. The molecule has 3 aromatic rings. The lowest BCUT2D eigenvalue weighted by atomic mass is 10.0. The number of imidazole rings is 1. The van der Waals surface area contributed by atoms with E-state index in [4.69, 9.17) is 0 Å². The first kappa shape index (κ1) is 19.0. The van der Waals surface area contributed by atoms with E-state index in [-0.39, 0.29) is 17.6 Å². The second kappa shape index (κ2) is 8.32. The number of hydrogen-bond acceptors (Lipinski definition) is 3. The monoisotopic (exact) mass is 442 g/mol. The van der Waals surface area contributed by atoms with E-state index < -0.39 is 0 Å². The summed E-state index contributed by atoms with van der Waals surface area (Å²) < 4.78 is 2.71. The van der Waals surface area contributed by atoms with Crippen LogP contribution in [0.1, 0.15) is 29.2 Å². The molecule has 146 valence electrons. The van der Waals surface area contributed by atoms with Crippen molar-refractivity contribution >= 4 is 32.9 Å². The number of carbonyl (C=O) groups is 1. The van der Waals surface area contributed by atoms with Gasteiger partial charge in [0.1, 0.15) is 0 Å². The molecule has 1 aromatic heterocycles. The number of nitrogens with one attached hydrogen (secondary N) is 2. The highest BCUT2D eigenvalue weighted by Crippen LogP contribution is 2.24. The predicted octanol–water partition coefficient (Wildman–Crippen LogP) is 3.16. The Morgan fingerprint density at radius 2 is 1.82 bits per heavy atom. The summed E-state index contributed by atoms with van der Waals surface area (Å²) >= 11 is 3.41. The SMILES string of the molecule is O=C(NCCN1CCC(n2c(=O)[nH]c3ccccc32)CC1)c1ccccc1Br. The quantitative estimate of drug-likeness (QED) is 0.637. The number of halogens is 1. The number of hydrogen-bond donors (Lipinski definition) is 2. The van der Waals surface area contributed by atoms with Crippen molar-refractivity contribution in [3.63, 3.8) is 0 Å². The molecule has 1 aliphatic heterocycles. The summed E-state index contributed by atoms with van der Waals surface area (Å²) in [6.07, 6.45) is 1.86. The Bertz CT molecular complexity index is 1030. The van der Waals surface area contributed by atoms with E-state index >= 15 is 0 Å². The summed E-state index contributed by atoms with van der Waals surface area (Å²) in [4.78, 5) is 29.9. The normalized spacial score (nSPS) is 15.8. The van der Waals surface area contributed by atoms with Crippen molar-refractivity contribution in [3.8, 4) is 0 Å². The Kier molecular flexibility index (Phi) is 5.64. The number of piperidine rings is 1. The molecule has 0 radical (unpaired) electrons. The van der Waals surface area contributed by atoms with Crippen LogP contribution < -0.4 is 11.0 Å². The third-order valence-electron chi connectivity index (χ3n) is 5.38. The largest absolute Gasteiger partial charge is 0.351 e. The van der Waals surface area contributed by atoms with Crippen molar-refractivity contribution in [1.29, 1.82) is 0 Å². The molecule has 1 aliphatic rings. The second-order valence-corrected chi connectivity index (χ2v) is 7.98. The van der Waals surface area contributed by atoms with Gasteiger partial charge in [-0.1, -0.05) is 24.3 Å². The van der Waals surface area contributed by atoms with Gasteiger partial charge in [-0.15, -0.1) is 0 Å². The van der Waals surface area contributed by atoms with E-state index in [1.54, 1.807) is 0 Å². The highest BCUT2D eigenvalue weighted by atomic mass is 79.9. The predicted molar refractivity (Wildman–Crippen MR) is 114 cm³/mol. The maximum absolute atomic E-state index is 12.4. The number of nitrogens with zero attached hydrogens (tertiary/aromatic N) is 2. The lowest BCUT2D eigenvalue weighted by molar-refractivity contribution is 0.0943. The lowest BCUT2D eigenvalue weighted by Gasteiger charge is -2.32. The molecule has 0 atom stereocenters. The summed E-state index contributed by atoms with van der Waals surface area (Å²) in [5, 5.41) is 2.99. The molecule has 6 nitrogen and oxygen atoms in total. The number of aromatic amines is 1. The van der Waals surface area contributed by atoms with E-state index in [0.29, 0.717) is 12.1 Å². The number of likely N-dealkylation sites (tertiary alicyclic amines) is 1. The first-order chi connectivity index (χ1) is 13.6. The number of aromatic nitrogens is 2. The molecule has 28 heavy (non-hydrogen) atoms. The third-order valence-corrected chi connectivity index (χ3v) is 6.07. The van der Waals surface area contributed by atoms with Gasteiger partial charge in [-0.25, -0.2) is 4.79 Å². The summed E-state index contributed by atoms with van der Waals surface area (Å²) in [7, 11) is 0. The number of carbonyl (C=O) groups excluding carboxylic acids is 1. The Morgan fingerprint density at radius 3 is 2.61 bits per heavy atom. The van der Waals surface area contributed by atoms with Crippen LogP contribution in [0.4, 0.5) is 0 Å². The van der Waals surface area contributed by atoms with Crippen molar-refractivity contribution in [3.05, 3.63) is 69.1 Å². The van der Waals surface area contributed by atoms with Gasteiger partial charge < -0.3 is 15.2 Å². The molecule has 2 aromatic carbocycles. The van der Waals surface area contributed by atoms with Crippen LogP contribution in [0.25, 0.3) is 11.0 Å². The molecule has 0 aliphatic carbocycles. The maximum atomic E-state index is 12.4. The highest BCUT2D eigenvalue weighted by molar-refractivity contribution is 9.10. The van der Waals surface area contributed by atoms with Crippen LogP contribution in [0, 0.1) is 0 Å². The van der Waals surface area contributed by atoms with Crippen molar-refractivity contribution in [2.75, 3.05) is 26.2 Å². The Morgan fingerprint density at radius 1 is 1.11 bits per heavy atom. The zero-order valence-electron chi connectivity index (χ0n) is 15.5. The van der Waals surface area contributed by atoms with Gasteiger partial charge in [-0.3, -0.25) is 9.36 Å². The molecule has 1 saturated heterocycles. The molecule has 4 rings (SSSR count). The minimum Gasteiger partial charge on any atom is -0.351 e. The van der Waals surface area contributed by atoms with E-state index in [1.165, 1.54) is 0 Å². The van der Waals surface area contributed by atoms with Gasteiger partial charge in [-0.05, 0) is 53.0 Å². The average molecular weight is 443 g/mol. The van der Waals surface area contributed by atoms with Crippen molar-refractivity contribution in [1.82, 2.24) is 19.8 Å². The first-order valence-corrected chi connectivity index (χ1v) is 10.4. The molecular weight excluding hydrogens is 420 g/mol. The fourth-order valence-corrected chi connectivity index (χ4v) is 4.37. The molecule has 0 saturated carbocycles. The topological polar surface area (TPSA) is 70.1 Å². The van der Waals surface area contributed by atoms with E-state index in [9.17, 15) is 9.59 Å². The van der Waals surface area contributed by atoms with Crippen molar-refractivity contribution < 1.29 is 4.79 Å². The standard InChI is InChI=1S/C21H23BrN4O2/c22-17-6-2-1-5-16(17)20(27)23-11-14-25-12-9-15(10-13-25)26-19-8-4-3-7-18(19)24-21(26)28/h1-8,15H,9-14H2,(H,23,27)(H,24,28). The van der Waals surface area contributed by atoms with Crippen LogP contribution in [0.3, 0.4) is 0 Å². The first-order valence-electron chi connectivity index (χ1n) is 9.58. The lowest BCUT2D eigenvalue weighted by Crippen LogP contribution is -2.41. The fourth-order valence-electron chi connectivity index (χ4n) is 3.91. The number of fused-ring (bicyclic) bond motifs is 1. The highest BCUT2D eigenvalue weighted by Gasteiger charge is 2.23. The van der Waals surface area contributed by atoms with Gasteiger partial charge in [0.15, 0.2) is 0 Å². The van der Waals surface area contributed by atoms with Gasteiger partial charge in [-0.2, -0.15) is 0 Å². The molecule has 1 amide bonds. The molecule has 2 N–H and O–H groups in total. The van der Waals surface area contributed by atoms with Gasteiger partial charge >= 0.3 is 5.69 Å². The summed E-state index contributed by atoms with van der Waals surface area (Å²) in [6, 6.07) is 15.5. The third kappa shape index (κ3) is 3.91. The zero-order chi connectivity index (χ0) is 19.5. The Hall–Kier alpha value is -2.38. The minimum absolute atomic E-state index is 0.0275. The van der Waals surface area contributed by atoms with E-state index in [1.807, 2.05) is 53.1 Å². The van der Waals surface area contributed by atoms with Crippen LogP contribution >= 0.6 is 15.9 Å². The zero-order valence-corrected chi connectivity index (χ0v) is 17.1. The molecule has 1 fully saturated rings. The van der Waals surface area contributed by atoms with Crippen LogP contribution in [-0.4, -0.2) is 46.5 Å². The van der Waals surface area contributed by atoms with E-state index in [2.05, 4.69) is 31.1 Å². The summed E-state index contributed by atoms with van der Waals surface area (Å²) in [5.74, 6) is -0.0623. The number of amides is 1. The summed E-state index contributed by atoms with van der Waals surface area (Å²) in [6.45, 7) is 3.26. The van der Waals surface area contributed by atoms with Crippen LogP contribution in [-0.2, 0) is 0 Å². The number of benzene rings is 2. The number of H-pyrrole nitrogens is 1. The molecule has 7 heteroatoms. The number of rotatable bonds is 5. The molecular formula is C21H23BrN4O2. The van der Waals surface area contributed by atoms with Crippen molar-refractivity contribution in [2.24, 2.45) is 0 Å². The summed E-state index contributed by atoms with van der Waals surface area (Å²) in [5.41, 5.74) is 2.50. The molecule has 2 heterocycles. The smallest absolute Gasteiger partial charge is 0.326 e. The van der Waals surface area contributed by atoms with Gasteiger partial charge in [0.05, 0.1) is 16.6 Å². The van der Waals surface area contributed by atoms with Gasteiger partial charge in [0.25, 0.3) is 5.91 Å². The fraction of sp³-hybridized carbons (Fsp3) is 0.333. The molecule has 0 unspecified atom stereocenters. The minimum atomic E-state index is -0.0623. The Labute approximate surface area is 171 Å². The van der Waals surface area contributed by atoms with Gasteiger partial charge in [0.2, 0.25) is 0 Å². The Balaban J connectivity index is 1.30. The molecule has 0 spiro atoms. The van der Waals surface area contributed by atoms with Crippen molar-refractivity contribution in [2.45, 2.75) is 18.9 Å².